The zero-order valence-corrected chi connectivity index (χ0v) is 43.4. The van der Waals surface area contributed by atoms with Crippen molar-refractivity contribution in [2.45, 2.75) is 76.5 Å². The molecule has 0 spiro atoms. The van der Waals surface area contributed by atoms with Crippen molar-refractivity contribution in [3.8, 4) is 11.5 Å². The monoisotopic (exact) mass is 1120 g/mol. The summed E-state index contributed by atoms with van der Waals surface area (Å²) in [7, 11) is -15.7. The Balaban J connectivity index is 0.889. The number of nitrogens with two attached hydrogens (primary N) is 1. The lowest BCUT2D eigenvalue weighted by Gasteiger charge is -2.44. The molecule has 0 radical (unpaired) electrons. The maximum atomic E-state index is 13.1. The Hall–Kier alpha value is -4.87. The first-order chi connectivity index (χ1) is 34.2. The summed E-state index contributed by atoms with van der Waals surface area (Å²) in [5.74, 6) is 0.0111. The molecule has 8 rings (SSSR count). The van der Waals surface area contributed by atoms with Crippen LogP contribution in [-0.4, -0.2) is 138 Å². The number of carbonyl (C=O) groups is 2. The van der Waals surface area contributed by atoms with Gasteiger partial charge in [-0.1, -0.05) is 6.08 Å². The first-order valence-electron chi connectivity index (χ1n) is 22.4. The number of alkyl carbamates (subject to hydrolysis) is 1. The van der Waals surface area contributed by atoms with Gasteiger partial charge in [-0.15, -0.1) is 0 Å². The van der Waals surface area contributed by atoms with Crippen LogP contribution in [0.2, 0.25) is 0 Å². The van der Waals surface area contributed by atoms with E-state index in [1.54, 1.807) is 18.2 Å². The summed E-state index contributed by atoms with van der Waals surface area (Å²) < 4.78 is 92.9. The van der Waals surface area contributed by atoms with Crippen molar-refractivity contribution in [3.63, 3.8) is 0 Å². The van der Waals surface area contributed by atoms with Gasteiger partial charge in [0.2, 0.25) is 11.3 Å². The van der Waals surface area contributed by atoms with Gasteiger partial charge in [0.05, 0.1) is 24.5 Å². The van der Waals surface area contributed by atoms with Gasteiger partial charge < -0.3 is 60.2 Å². The molecule has 28 nitrogen and oxygen atoms in total. The van der Waals surface area contributed by atoms with Gasteiger partial charge in [0.1, 0.15) is 53.9 Å². The molecule has 2 amide bonds. The van der Waals surface area contributed by atoms with Gasteiger partial charge in [-0.2, -0.15) is 12.7 Å². The number of nitrogen functional groups attached to an aromatic ring is 1. The topological polar surface area (TPSA) is 391 Å². The number of carbonyl (C=O) groups excluding carboxylic acids is 2. The van der Waals surface area contributed by atoms with E-state index in [9.17, 15) is 56.4 Å². The van der Waals surface area contributed by atoms with Crippen LogP contribution in [-0.2, 0) is 64.9 Å². The van der Waals surface area contributed by atoms with Crippen LogP contribution in [0.5, 0.6) is 11.5 Å². The number of aromatic nitrogens is 4. The third-order valence-corrected chi connectivity index (χ3v) is 17.1. The smallest absolute Gasteiger partial charge is 0.452 e. The highest BCUT2D eigenvalue weighted by atomic mass is 32.5. The lowest BCUT2D eigenvalue weighted by atomic mass is 9.88. The molecule has 0 saturated carbocycles. The van der Waals surface area contributed by atoms with E-state index in [4.69, 9.17) is 29.5 Å². The summed E-state index contributed by atoms with van der Waals surface area (Å²) in [6, 6.07) is 7.58. The highest BCUT2D eigenvalue weighted by Gasteiger charge is 2.50. The molecule has 0 aliphatic carbocycles. The fourth-order valence-electron chi connectivity index (χ4n) is 9.00. The van der Waals surface area contributed by atoms with Crippen molar-refractivity contribution in [1.29, 1.82) is 0 Å². The van der Waals surface area contributed by atoms with Gasteiger partial charge in [-0.25, -0.2) is 42.8 Å². The van der Waals surface area contributed by atoms with Crippen LogP contribution in [0.1, 0.15) is 57.4 Å². The average Bonchev–Trinajstić information content (AvgIpc) is 3.84. The van der Waals surface area contributed by atoms with Crippen LogP contribution in [0.3, 0.4) is 0 Å². The van der Waals surface area contributed by atoms with Crippen LogP contribution in [0, 0.1) is 0 Å². The fourth-order valence-corrected chi connectivity index (χ4v) is 13.4. The number of fused-ring (bicyclic) bond motifs is 5. The highest BCUT2D eigenvalue weighted by molar-refractivity contribution is 8.08. The molecule has 1 fully saturated rings. The van der Waals surface area contributed by atoms with E-state index in [1.807, 2.05) is 30.9 Å². The quantitative estimate of drug-likeness (QED) is 0.0243. The van der Waals surface area contributed by atoms with E-state index in [0.29, 0.717) is 52.3 Å². The summed E-state index contributed by atoms with van der Waals surface area (Å²) in [4.78, 5) is 83.3. The number of aliphatic hydroxyl groups is 1. The Morgan fingerprint density at radius 3 is 2.52 bits per heavy atom. The number of imidazole rings is 1. The van der Waals surface area contributed by atoms with Gasteiger partial charge >= 0.3 is 28.5 Å². The number of phosphoric acid groups is 2. The van der Waals surface area contributed by atoms with Crippen molar-refractivity contribution < 1.29 is 83.7 Å². The number of nitrogens with one attached hydrogen (secondary N) is 2. The number of amides is 2. The van der Waals surface area contributed by atoms with Crippen LogP contribution < -0.4 is 41.3 Å². The number of nitrogens with zero attached hydrogens (tertiary/aromatic N) is 7. The summed E-state index contributed by atoms with van der Waals surface area (Å²) in [6.07, 6.45) is -1.32. The maximum absolute atomic E-state index is 13.1. The Kier molecular flexibility index (Phi) is 15.7. The van der Waals surface area contributed by atoms with Crippen molar-refractivity contribution in [2.24, 2.45) is 4.99 Å². The minimum absolute atomic E-state index is 0.0344. The molecule has 73 heavy (non-hydrogen) atoms. The standard InChI is InChI=1S/C40H51N10O18P3S2/c1-4-48-11-5-7-22-13-25-29(15-27(22)48)64-30-16-28-24(14-26(30)47-25)23(19-73(60,61)62)17-40(2,3)50(28)12-6-8-32(51)42-9-10-43-39(53)66-35-34(52)31(18-63-69(54,55)67-70(56,57)68-71(58,59)72)65-38(35)49-21-46-33-36(41)44-20-45-37(33)49/h13-17,20-21,31,34-35,38,52H,4-12,18-19H2,1-3H3,(H8-,41,42,43,44,45,51,53,54,55,56,57,58,59,60,61,62,72)/p+1/t31-,34-,35-,38-/m1/s1. The molecule has 2 unspecified atom stereocenters. The summed E-state index contributed by atoms with van der Waals surface area (Å²) in [5, 5.41) is 18.2. The number of hydrogen-bond acceptors (Lipinski definition) is 20. The normalized spacial score (nSPS) is 21.8. The van der Waals surface area contributed by atoms with Crippen molar-refractivity contribution in [3.05, 3.63) is 64.8 Å². The average molecular weight is 1120 g/mol. The Morgan fingerprint density at radius 2 is 1.79 bits per heavy atom. The molecular formula is C40H52N10O18P3S2+. The number of benzene rings is 2. The Labute approximate surface area is 420 Å². The van der Waals surface area contributed by atoms with Gasteiger partial charge in [0, 0.05) is 55.4 Å². The second kappa shape index (κ2) is 21.0. The van der Waals surface area contributed by atoms with Gasteiger partial charge in [-0.05, 0) is 63.1 Å². The van der Waals surface area contributed by atoms with E-state index < -0.39 is 81.0 Å². The number of rotatable bonds is 19. The number of ether oxygens (including phenoxy) is 3. The molecule has 4 aliphatic heterocycles. The molecule has 2 aromatic carbocycles. The highest BCUT2D eigenvalue weighted by Crippen LogP contribution is 2.66. The zero-order valence-electron chi connectivity index (χ0n) is 39.1. The second-order valence-electron chi connectivity index (χ2n) is 17.7. The molecular weight excluding hydrogens is 1070 g/mol. The summed E-state index contributed by atoms with van der Waals surface area (Å²) in [6.45, 7) is 1.82. The van der Waals surface area contributed by atoms with Crippen LogP contribution in [0.4, 0.5) is 22.0 Å². The zero-order chi connectivity index (χ0) is 52.8. The Bertz CT molecular complexity index is 3290. The number of phosphoric ester groups is 1. The third kappa shape index (κ3) is 12.8. The molecule has 6 heterocycles. The molecule has 6 atom stereocenters. The van der Waals surface area contributed by atoms with E-state index in [0.717, 1.165) is 37.6 Å². The van der Waals surface area contributed by atoms with E-state index >= 15 is 0 Å². The number of aryl methyl sites for hydroxylation is 1. The minimum atomic E-state index is -5.67. The lowest BCUT2D eigenvalue weighted by Crippen LogP contribution is -2.46. The van der Waals surface area contributed by atoms with Crippen LogP contribution >= 0.6 is 22.4 Å². The Morgan fingerprint density at radius 1 is 1.04 bits per heavy atom. The van der Waals surface area contributed by atoms with Crippen LogP contribution in [0.25, 0.3) is 16.7 Å². The molecule has 0 bridgehead atoms. The SMILES string of the molecule is CC[N+]1=c2cc3c(cc2CCC1)=Nc1cc2c(cc1O3)N(CCCC(=O)NCCNC(=O)O[C@@H]1[C@H](O)[C@@H](COP(=O)(O)OP(=O)(O)OP(O)(O)=S)O[C@H]1n1cnc3c(N)ncnc31)C(C)(C)C=C2CS(=O)(=O)O. The van der Waals surface area contributed by atoms with Gasteiger partial charge in [0.25, 0.3) is 10.1 Å². The van der Waals surface area contributed by atoms with E-state index in [2.05, 4.69) is 57.5 Å². The van der Waals surface area contributed by atoms with E-state index in [1.165, 1.54) is 16.5 Å². The molecule has 396 valence electrons. The molecule has 4 aromatic rings. The lowest BCUT2D eigenvalue weighted by molar-refractivity contribution is -0.121. The van der Waals surface area contributed by atoms with Gasteiger partial charge in [0.15, 0.2) is 35.3 Å². The predicted molar refractivity (Wildman–Crippen MR) is 261 cm³/mol. The van der Waals surface area contributed by atoms with Crippen molar-refractivity contribution >= 4 is 90.2 Å². The minimum Gasteiger partial charge on any atom is -0.452 e. The number of aliphatic hydroxyl groups excluding tert-OH is 1. The molecule has 10 N–H and O–H groups in total. The molecule has 1 saturated heterocycles. The van der Waals surface area contributed by atoms with E-state index in [-0.39, 0.29) is 42.4 Å². The number of hydrogen-bond donors (Lipinski definition) is 9. The van der Waals surface area contributed by atoms with Gasteiger partial charge in [-0.3, -0.25) is 18.4 Å². The summed E-state index contributed by atoms with van der Waals surface area (Å²) >= 11 is 4.08. The molecule has 4 aliphatic rings. The second-order valence-corrected chi connectivity index (χ2v) is 25.0. The third-order valence-electron chi connectivity index (χ3n) is 12.0. The number of anilines is 2. The molecule has 2 aromatic heterocycles. The predicted octanol–water partition coefficient (Wildman–Crippen LogP) is 1.20. The first kappa shape index (κ1) is 54.4. The van der Waals surface area contributed by atoms with Crippen molar-refractivity contribution in [1.82, 2.24) is 34.7 Å². The summed E-state index contributed by atoms with van der Waals surface area (Å²) in [5.41, 5.74) is 8.49. The fraction of sp³-hybridized carbons (Fsp3) is 0.475. The van der Waals surface area contributed by atoms with Crippen molar-refractivity contribution in [2.75, 3.05) is 55.7 Å². The van der Waals surface area contributed by atoms with Crippen LogP contribution in [0.15, 0.2) is 48.0 Å². The maximum Gasteiger partial charge on any atom is 0.488 e. The molecule has 33 heteroatoms. The largest absolute Gasteiger partial charge is 0.488 e. The first-order valence-corrected chi connectivity index (χ1v) is 29.6.